The summed E-state index contributed by atoms with van der Waals surface area (Å²) in [6.45, 7) is 6.50. The average Bonchev–Trinajstić information content (AvgIpc) is 2.91. The van der Waals surface area contributed by atoms with Crippen LogP contribution in [0.5, 0.6) is 0 Å². The van der Waals surface area contributed by atoms with E-state index in [0.717, 1.165) is 5.69 Å². The highest BCUT2D eigenvalue weighted by molar-refractivity contribution is 7.91. The maximum atomic E-state index is 11.4. The van der Waals surface area contributed by atoms with Gasteiger partial charge in [-0.3, -0.25) is 4.99 Å². The predicted octanol–water partition coefficient (Wildman–Crippen LogP) is 0.898. The van der Waals surface area contributed by atoms with Crippen LogP contribution in [0.15, 0.2) is 15.6 Å². The van der Waals surface area contributed by atoms with E-state index in [2.05, 4.69) is 20.8 Å². The van der Waals surface area contributed by atoms with Crippen molar-refractivity contribution in [3.05, 3.63) is 17.5 Å². The molecule has 1 heterocycles. The molecule has 120 valence electrons. The maximum absolute atomic E-state index is 11.4. The minimum Gasteiger partial charge on any atom is -0.359 e. The average molecular weight is 316 g/mol. The second-order valence-electron chi connectivity index (χ2n) is 4.96. The largest absolute Gasteiger partial charge is 0.359 e. The van der Waals surface area contributed by atoms with Crippen LogP contribution in [-0.2, 0) is 16.4 Å². The van der Waals surface area contributed by atoms with Crippen molar-refractivity contribution in [2.45, 2.75) is 33.2 Å². The zero-order valence-electron chi connectivity index (χ0n) is 13.0. The molecule has 0 aliphatic heterocycles. The molecular formula is C13H24N4O3S. The number of aromatic nitrogens is 1. The maximum Gasteiger partial charge on any atom is 0.191 e. The lowest BCUT2D eigenvalue weighted by molar-refractivity contribution is 0.372. The molecule has 0 unspecified atom stereocenters. The Labute approximate surface area is 126 Å². The Hall–Kier alpha value is -1.57. The number of hydrogen-bond donors (Lipinski definition) is 2. The number of hydrogen-bond acceptors (Lipinski definition) is 5. The molecule has 0 spiro atoms. The van der Waals surface area contributed by atoms with Crippen molar-refractivity contribution in [1.29, 1.82) is 0 Å². The lowest BCUT2D eigenvalue weighted by Gasteiger charge is -2.10. The molecule has 1 aromatic heterocycles. The van der Waals surface area contributed by atoms with E-state index in [1.807, 2.05) is 19.9 Å². The molecule has 0 bridgehead atoms. The zero-order chi connectivity index (χ0) is 15.9. The van der Waals surface area contributed by atoms with Gasteiger partial charge in [0.05, 0.1) is 18.0 Å². The fourth-order valence-corrected chi connectivity index (χ4v) is 2.25. The Balaban J connectivity index is 2.41. The van der Waals surface area contributed by atoms with Gasteiger partial charge in [0.25, 0.3) is 0 Å². The quantitative estimate of drug-likeness (QED) is 0.573. The Bertz CT molecular complexity index is 564. The van der Waals surface area contributed by atoms with Crippen LogP contribution in [0.25, 0.3) is 0 Å². The van der Waals surface area contributed by atoms with E-state index in [1.54, 1.807) is 14.0 Å². The third kappa shape index (κ3) is 6.16. The van der Waals surface area contributed by atoms with Crippen LogP contribution in [0.1, 0.15) is 38.1 Å². The fourth-order valence-electron chi connectivity index (χ4n) is 1.55. The van der Waals surface area contributed by atoms with Crippen LogP contribution in [-0.4, -0.2) is 44.6 Å². The lowest BCUT2D eigenvalue weighted by Crippen LogP contribution is -2.39. The summed E-state index contributed by atoms with van der Waals surface area (Å²) in [4.78, 5) is 4.03. The normalized spacial score (nSPS) is 12.7. The van der Waals surface area contributed by atoms with Gasteiger partial charge in [-0.1, -0.05) is 25.9 Å². The van der Waals surface area contributed by atoms with Crippen LogP contribution in [0.2, 0.25) is 0 Å². The van der Waals surface area contributed by atoms with Gasteiger partial charge in [-0.05, 0) is 5.92 Å². The van der Waals surface area contributed by atoms with Crippen molar-refractivity contribution in [1.82, 2.24) is 15.8 Å². The van der Waals surface area contributed by atoms with Crippen molar-refractivity contribution in [3.8, 4) is 0 Å². The minimum atomic E-state index is -2.97. The molecule has 0 fully saturated rings. The summed E-state index contributed by atoms with van der Waals surface area (Å²) in [5, 5.41) is 9.98. The Kier molecular flexibility index (Phi) is 6.67. The summed E-state index contributed by atoms with van der Waals surface area (Å²) in [6.07, 6.45) is 0. The molecule has 2 N–H and O–H groups in total. The first kappa shape index (κ1) is 17.5. The van der Waals surface area contributed by atoms with Gasteiger partial charge in [0.1, 0.15) is 0 Å². The second-order valence-corrected chi connectivity index (χ2v) is 7.43. The van der Waals surface area contributed by atoms with Crippen LogP contribution >= 0.6 is 0 Å². The molecular weight excluding hydrogens is 292 g/mol. The smallest absolute Gasteiger partial charge is 0.191 e. The van der Waals surface area contributed by atoms with Gasteiger partial charge in [-0.25, -0.2) is 8.42 Å². The molecule has 21 heavy (non-hydrogen) atoms. The molecule has 0 saturated carbocycles. The highest BCUT2D eigenvalue weighted by Crippen LogP contribution is 2.13. The SMILES string of the molecule is CCS(=O)(=O)CCNC(=NC)NCc1cc(C(C)C)no1. The minimum absolute atomic E-state index is 0.0873. The summed E-state index contributed by atoms with van der Waals surface area (Å²) in [5.41, 5.74) is 0.906. The molecule has 1 rings (SSSR count). The molecule has 0 amide bonds. The molecule has 7 nitrogen and oxygen atoms in total. The van der Waals surface area contributed by atoms with E-state index < -0.39 is 9.84 Å². The number of aliphatic imine (C=N–C) groups is 1. The molecule has 0 atom stereocenters. The topological polar surface area (TPSA) is 96.6 Å². The van der Waals surface area contributed by atoms with Crippen molar-refractivity contribution in [2.24, 2.45) is 4.99 Å². The molecule has 0 aromatic carbocycles. The lowest BCUT2D eigenvalue weighted by atomic mass is 10.1. The third-order valence-electron chi connectivity index (χ3n) is 2.97. The molecule has 0 aliphatic rings. The molecule has 8 heteroatoms. The Morgan fingerprint density at radius 3 is 2.67 bits per heavy atom. The number of rotatable bonds is 7. The Morgan fingerprint density at radius 2 is 2.14 bits per heavy atom. The third-order valence-corrected chi connectivity index (χ3v) is 4.67. The van der Waals surface area contributed by atoms with E-state index in [1.165, 1.54) is 0 Å². The van der Waals surface area contributed by atoms with Crippen LogP contribution in [0.3, 0.4) is 0 Å². The highest BCUT2D eigenvalue weighted by atomic mass is 32.2. The van der Waals surface area contributed by atoms with E-state index >= 15 is 0 Å². The summed E-state index contributed by atoms with van der Waals surface area (Å²) >= 11 is 0. The highest BCUT2D eigenvalue weighted by Gasteiger charge is 2.09. The van der Waals surface area contributed by atoms with Crippen LogP contribution < -0.4 is 10.6 Å². The van der Waals surface area contributed by atoms with Gasteiger partial charge in [-0.15, -0.1) is 0 Å². The van der Waals surface area contributed by atoms with Gasteiger partial charge >= 0.3 is 0 Å². The van der Waals surface area contributed by atoms with Gasteiger partial charge in [0.2, 0.25) is 0 Å². The first-order chi connectivity index (χ1) is 9.88. The van der Waals surface area contributed by atoms with E-state index in [0.29, 0.717) is 30.7 Å². The summed E-state index contributed by atoms with van der Waals surface area (Å²) < 4.78 is 28.0. The summed E-state index contributed by atoms with van der Waals surface area (Å²) in [7, 11) is -1.34. The number of guanidine groups is 1. The molecule has 0 saturated heterocycles. The van der Waals surface area contributed by atoms with Gasteiger partial charge in [0, 0.05) is 25.4 Å². The Morgan fingerprint density at radius 1 is 1.43 bits per heavy atom. The van der Waals surface area contributed by atoms with E-state index in [4.69, 9.17) is 4.52 Å². The van der Waals surface area contributed by atoms with Crippen molar-refractivity contribution < 1.29 is 12.9 Å². The predicted molar refractivity (Wildman–Crippen MR) is 83.1 cm³/mol. The van der Waals surface area contributed by atoms with E-state index in [9.17, 15) is 8.42 Å². The van der Waals surface area contributed by atoms with Crippen molar-refractivity contribution in [2.75, 3.05) is 25.1 Å². The van der Waals surface area contributed by atoms with E-state index in [-0.39, 0.29) is 11.5 Å². The molecule has 0 aliphatic carbocycles. The summed E-state index contributed by atoms with van der Waals surface area (Å²) in [5.74, 6) is 1.80. The van der Waals surface area contributed by atoms with Gasteiger partial charge in [-0.2, -0.15) is 0 Å². The summed E-state index contributed by atoms with van der Waals surface area (Å²) in [6, 6.07) is 1.90. The number of nitrogens with zero attached hydrogens (tertiary/aromatic N) is 2. The van der Waals surface area contributed by atoms with Crippen LogP contribution in [0, 0.1) is 0 Å². The van der Waals surface area contributed by atoms with Crippen LogP contribution in [0.4, 0.5) is 0 Å². The first-order valence-electron chi connectivity index (χ1n) is 6.98. The zero-order valence-corrected chi connectivity index (χ0v) is 13.8. The molecule has 0 radical (unpaired) electrons. The number of sulfone groups is 1. The first-order valence-corrected chi connectivity index (χ1v) is 8.80. The van der Waals surface area contributed by atoms with Gasteiger partial charge < -0.3 is 15.2 Å². The number of nitrogens with one attached hydrogen (secondary N) is 2. The monoisotopic (exact) mass is 316 g/mol. The van der Waals surface area contributed by atoms with Crippen molar-refractivity contribution >= 4 is 15.8 Å². The second kappa shape index (κ2) is 8.02. The van der Waals surface area contributed by atoms with Gasteiger partial charge in [0.15, 0.2) is 21.6 Å². The van der Waals surface area contributed by atoms with Crippen molar-refractivity contribution in [3.63, 3.8) is 0 Å². The fraction of sp³-hybridized carbons (Fsp3) is 0.692. The molecule has 1 aromatic rings. The standard InChI is InChI=1S/C13H24N4O3S/c1-5-21(18,19)7-6-15-13(14-4)16-9-11-8-12(10(2)3)17-20-11/h8,10H,5-7,9H2,1-4H3,(H2,14,15,16).